The summed E-state index contributed by atoms with van der Waals surface area (Å²) in [5.41, 5.74) is 2.29. The summed E-state index contributed by atoms with van der Waals surface area (Å²) in [5.74, 6) is 1.37. The van der Waals surface area contributed by atoms with E-state index >= 15 is 0 Å². The summed E-state index contributed by atoms with van der Waals surface area (Å²) in [6, 6.07) is 9.97. The minimum Gasteiger partial charge on any atom is -0.360 e. The fraction of sp³-hybridized carbons (Fsp3) is 0.263. The lowest BCUT2D eigenvalue weighted by Crippen LogP contribution is -2.16. The van der Waals surface area contributed by atoms with Gasteiger partial charge in [-0.15, -0.1) is 0 Å². The van der Waals surface area contributed by atoms with Crippen molar-refractivity contribution < 1.29 is 4.39 Å². The van der Waals surface area contributed by atoms with E-state index in [2.05, 4.69) is 32.4 Å². The van der Waals surface area contributed by atoms with Gasteiger partial charge in [0.1, 0.15) is 23.8 Å². The first-order valence-corrected chi connectivity index (χ1v) is 8.90. The second-order valence-electron chi connectivity index (χ2n) is 6.34. The van der Waals surface area contributed by atoms with Crippen LogP contribution in [0.2, 0.25) is 0 Å². The predicted octanol–water partition coefficient (Wildman–Crippen LogP) is 3.71. The SMILES string of the molecule is CCCn1ncnc1[C@@H](C)Nc1cc(-c2ccc(F)cc2)nc2ccnn12. The van der Waals surface area contributed by atoms with Gasteiger partial charge < -0.3 is 5.32 Å². The third-order valence-corrected chi connectivity index (χ3v) is 4.33. The zero-order valence-corrected chi connectivity index (χ0v) is 15.2. The fourth-order valence-electron chi connectivity index (χ4n) is 3.06. The summed E-state index contributed by atoms with van der Waals surface area (Å²) in [4.78, 5) is 9.01. The average molecular weight is 365 g/mol. The highest BCUT2D eigenvalue weighted by molar-refractivity contribution is 5.66. The number of benzene rings is 1. The van der Waals surface area contributed by atoms with Crippen LogP contribution in [0.1, 0.15) is 32.1 Å². The maximum atomic E-state index is 13.3. The normalized spacial score (nSPS) is 12.4. The van der Waals surface area contributed by atoms with Crippen LogP contribution < -0.4 is 5.32 Å². The van der Waals surface area contributed by atoms with Crippen LogP contribution in [0, 0.1) is 5.82 Å². The third-order valence-electron chi connectivity index (χ3n) is 4.33. The van der Waals surface area contributed by atoms with E-state index in [-0.39, 0.29) is 11.9 Å². The van der Waals surface area contributed by atoms with Gasteiger partial charge in [-0.2, -0.15) is 14.7 Å². The van der Waals surface area contributed by atoms with Gasteiger partial charge in [0.2, 0.25) is 0 Å². The molecule has 4 aromatic rings. The number of rotatable bonds is 6. The van der Waals surface area contributed by atoms with Crippen molar-refractivity contribution in [2.45, 2.75) is 32.9 Å². The molecule has 138 valence electrons. The van der Waals surface area contributed by atoms with Gasteiger partial charge in [0.05, 0.1) is 17.9 Å². The summed E-state index contributed by atoms with van der Waals surface area (Å²) >= 11 is 0. The molecule has 8 heteroatoms. The van der Waals surface area contributed by atoms with Gasteiger partial charge in [-0.25, -0.2) is 19.0 Å². The highest BCUT2D eigenvalue weighted by atomic mass is 19.1. The van der Waals surface area contributed by atoms with E-state index in [1.54, 1.807) is 29.2 Å². The molecule has 0 amide bonds. The van der Waals surface area contributed by atoms with Crippen molar-refractivity contribution >= 4 is 11.5 Å². The number of nitrogens with zero attached hydrogens (tertiary/aromatic N) is 6. The minimum absolute atomic E-state index is 0.0742. The minimum atomic E-state index is -0.272. The van der Waals surface area contributed by atoms with Crippen LogP contribution in [0.3, 0.4) is 0 Å². The van der Waals surface area contributed by atoms with Crippen LogP contribution in [-0.4, -0.2) is 29.4 Å². The molecule has 0 saturated heterocycles. The molecule has 3 heterocycles. The molecule has 0 aliphatic carbocycles. The van der Waals surface area contributed by atoms with E-state index in [9.17, 15) is 4.39 Å². The number of hydrogen-bond donors (Lipinski definition) is 1. The summed E-state index contributed by atoms with van der Waals surface area (Å²) in [7, 11) is 0. The summed E-state index contributed by atoms with van der Waals surface area (Å²) < 4.78 is 16.9. The number of aromatic nitrogens is 6. The van der Waals surface area contributed by atoms with E-state index in [0.717, 1.165) is 35.9 Å². The molecule has 0 spiro atoms. The Hall–Kier alpha value is -3.29. The molecular formula is C19H20FN7. The first-order chi connectivity index (χ1) is 13.2. The van der Waals surface area contributed by atoms with E-state index in [4.69, 9.17) is 0 Å². The lowest BCUT2D eigenvalue weighted by Gasteiger charge is -2.17. The lowest BCUT2D eigenvalue weighted by molar-refractivity contribution is 0.553. The Balaban J connectivity index is 1.71. The van der Waals surface area contributed by atoms with E-state index in [1.807, 2.05) is 23.7 Å². The van der Waals surface area contributed by atoms with Crippen molar-refractivity contribution in [3.63, 3.8) is 0 Å². The number of fused-ring (bicyclic) bond motifs is 1. The van der Waals surface area contributed by atoms with Crippen molar-refractivity contribution in [2.24, 2.45) is 0 Å². The van der Waals surface area contributed by atoms with Gasteiger partial charge in [0, 0.05) is 24.2 Å². The lowest BCUT2D eigenvalue weighted by atomic mass is 10.1. The van der Waals surface area contributed by atoms with Crippen LogP contribution in [-0.2, 0) is 6.54 Å². The van der Waals surface area contributed by atoms with Crippen molar-refractivity contribution in [2.75, 3.05) is 5.32 Å². The molecular weight excluding hydrogens is 345 g/mol. The molecule has 0 aliphatic rings. The topological polar surface area (TPSA) is 72.9 Å². The van der Waals surface area contributed by atoms with Gasteiger partial charge in [-0.3, -0.25) is 0 Å². The van der Waals surface area contributed by atoms with Crippen LogP contribution in [0.5, 0.6) is 0 Å². The van der Waals surface area contributed by atoms with E-state index < -0.39 is 0 Å². The third kappa shape index (κ3) is 3.38. The second kappa shape index (κ2) is 7.14. The Labute approximate surface area is 155 Å². The van der Waals surface area contributed by atoms with E-state index in [0.29, 0.717) is 5.65 Å². The molecule has 0 unspecified atom stereocenters. The maximum Gasteiger partial charge on any atom is 0.157 e. The Morgan fingerprint density at radius 2 is 1.96 bits per heavy atom. The highest BCUT2D eigenvalue weighted by Crippen LogP contribution is 2.25. The number of nitrogens with one attached hydrogen (secondary N) is 1. The molecule has 0 radical (unpaired) electrons. The first kappa shape index (κ1) is 17.1. The summed E-state index contributed by atoms with van der Waals surface area (Å²) in [5, 5.41) is 12.1. The zero-order valence-electron chi connectivity index (χ0n) is 15.2. The molecule has 1 atom stereocenters. The van der Waals surface area contributed by atoms with Crippen LogP contribution in [0.25, 0.3) is 16.9 Å². The van der Waals surface area contributed by atoms with Gasteiger partial charge in [0.25, 0.3) is 0 Å². The van der Waals surface area contributed by atoms with Crippen LogP contribution in [0.4, 0.5) is 10.2 Å². The Kier molecular flexibility index (Phi) is 4.53. The quantitative estimate of drug-likeness (QED) is 0.564. The summed E-state index contributed by atoms with van der Waals surface area (Å²) in [6.07, 6.45) is 4.26. The number of halogens is 1. The largest absolute Gasteiger partial charge is 0.360 e. The van der Waals surface area contributed by atoms with Gasteiger partial charge in [-0.05, 0) is 37.6 Å². The molecule has 0 bridgehead atoms. The standard InChI is InChI=1S/C19H20FN7/c1-3-10-26-19(21-12-23-26)13(2)24-18-11-16(14-4-6-15(20)7-5-14)25-17-8-9-22-27(17)18/h4-9,11-13,24H,3,10H2,1-2H3/t13-/m1/s1. The second-order valence-corrected chi connectivity index (χ2v) is 6.34. The van der Waals surface area contributed by atoms with Crippen LogP contribution in [0.15, 0.2) is 48.9 Å². The molecule has 0 aliphatic heterocycles. The number of aryl methyl sites for hydroxylation is 1. The first-order valence-electron chi connectivity index (χ1n) is 8.90. The van der Waals surface area contributed by atoms with Crippen molar-refractivity contribution in [1.82, 2.24) is 29.4 Å². The Bertz CT molecular complexity index is 1050. The smallest absolute Gasteiger partial charge is 0.157 e. The van der Waals surface area contributed by atoms with E-state index in [1.165, 1.54) is 12.1 Å². The number of anilines is 1. The van der Waals surface area contributed by atoms with Crippen LogP contribution >= 0.6 is 0 Å². The molecule has 0 saturated carbocycles. The van der Waals surface area contributed by atoms with Gasteiger partial charge in [0.15, 0.2) is 5.65 Å². The van der Waals surface area contributed by atoms with Crippen molar-refractivity contribution in [3.8, 4) is 11.3 Å². The molecule has 1 aromatic carbocycles. The Morgan fingerprint density at radius 1 is 1.15 bits per heavy atom. The predicted molar refractivity (Wildman–Crippen MR) is 101 cm³/mol. The molecule has 7 nitrogen and oxygen atoms in total. The zero-order chi connectivity index (χ0) is 18.8. The molecule has 3 aromatic heterocycles. The summed E-state index contributed by atoms with van der Waals surface area (Å²) in [6.45, 7) is 4.95. The van der Waals surface area contributed by atoms with Crippen molar-refractivity contribution in [1.29, 1.82) is 0 Å². The fourth-order valence-corrected chi connectivity index (χ4v) is 3.06. The van der Waals surface area contributed by atoms with Gasteiger partial charge >= 0.3 is 0 Å². The molecule has 27 heavy (non-hydrogen) atoms. The molecule has 1 N–H and O–H groups in total. The monoisotopic (exact) mass is 365 g/mol. The highest BCUT2D eigenvalue weighted by Gasteiger charge is 2.16. The molecule has 4 rings (SSSR count). The maximum absolute atomic E-state index is 13.3. The molecule has 0 fully saturated rings. The van der Waals surface area contributed by atoms with Crippen molar-refractivity contribution in [3.05, 3.63) is 60.6 Å². The average Bonchev–Trinajstić information content (AvgIpc) is 3.32. The number of hydrogen-bond acceptors (Lipinski definition) is 5. The van der Waals surface area contributed by atoms with Gasteiger partial charge in [-0.1, -0.05) is 6.92 Å². The Morgan fingerprint density at radius 3 is 2.74 bits per heavy atom.